The Labute approximate surface area is 355 Å². The number of H-pyrrole nitrogens is 1. The number of nitrogens with one attached hydrogen (secondary N) is 4. The molecule has 334 valence electrons. The van der Waals surface area contributed by atoms with Crippen LogP contribution in [0.2, 0.25) is 0 Å². The minimum atomic E-state index is -0.881. The summed E-state index contributed by atoms with van der Waals surface area (Å²) in [5, 5.41) is 12.9. The van der Waals surface area contributed by atoms with Crippen LogP contribution < -0.4 is 22.1 Å². The Morgan fingerprint density at radius 2 is 1.14 bits per heavy atom. The zero-order chi connectivity index (χ0) is 42.2. The third-order valence-electron chi connectivity index (χ3n) is 11.0. The Kier molecular flexibility index (Phi) is 35.9. The Morgan fingerprint density at radius 3 is 1.57 bits per heavy atom. The molecule has 0 aliphatic heterocycles. The Hall–Kier alpha value is -3.14. The monoisotopic (exact) mass is 812 g/mol. The van der Waals surface area contributed by atoms with E-state index in [1.54, 1.807) is 12.5 Å². The summed E-state index contributed by atoms with van der Waals surface area (Å²) in [7, 11) is 0. The van der Waals surface area contributed by atoms with Crippen molar-refractivity contribution in [3.63, 3.8) is 0 Å². The van der Waals surface area contributed by atoms with Crippen LogP contribution in [0.3, 0.4) is 0 Å². The standard InChI is InChI=1S/C48H89N7O3/c1-3-5-7-9-11-13-15-17-19-21-23-25-27-29-31-33-36-43(35-32-30-28-26-24-22-20-18-16-14-12-10-8-6-4-2)58-47(57)45(39-42-40-52-41-54-42)55-46(56)44(49)37-34-38-53-48(50)51/h17-20,40-41,43-45H,3-16,21-39,49H2,1-2H3,(H,52,54)(H,55,56)(H4,50,51,53)/b19-17-,20-18-. The first-order valence-corrected chi connectivity index (χ1v) is 24.0. The van der Waals surface area contributed by atoms with Gasteiger partial charge in [-0.05, 0) is 89.9 Å². The average Bonchev–Trinajstić information content (AvgIpc) is 3.73. The van der Waals surface area contributed by atoms with Gasteiger partial charge in [0.25, 0.3) is 0 Å². The van der Waals surface area contributed by atoms with Crippen molar-refractivity contribution in [3.05, 3.63) is 42.5 Å². The van der Waals surface area contributed by atoms with E-state index in [0.717, 1.165) is 44.9 Å². The van der Waals surface area contributed by atoms with Crippen LogP contribution in [-0.2, 0) is 20.7 Å². The predicted octanol–water partition coefficient (Wildman–Crippen LogP) is 11.4. The number of carbonyl (C=O) groups is 2. The Morgan fingerprint density at radius 1 is 0.690 bits per heavy atom. The lowest BCUT2D eigenvalue weighted by atomic mass is 10.0. The lowest BCUT2D eigenvalue weighted by Gasteiger charge is -2.24. The number of aromatic amines is 1. The maximum Gasteiger partial charge on any atom is 0.329 e. The molecule has 0 aliphatic rings. The molecule has 3 unspecified atom stereocenters. The Balaban J connectivity index is 2.57. The summed E-state index contributed by atoms with van der Waals surface area (Å²) in [4.78, 5) is 34.1. The highest BCUT2D eigenvalue weighted by atomic mass is 16.5. The Bertz CT molecular complexity index is 1160. The molecule has 1 aromatic rings. The average molecular weight is 812 g/mol. The molecule has 0 fully saturated rings. The van der Waals surface area contributed by atoms with Crippen LogP contribution in [0.5, 0.6) is 0 Å². The van der Waals surface area contributed by atoms with Gasteiger partial charge < -0.3 is 31.8 Å². The molecule has 1 amide bonds. The van der Waals surface area contributed by atoms with Crippen LogP contribution >= 0.6 is 0 Å². The van der Waals surface area contributed by atoms with Gasteiger partial charge in [-0.15, -0.1) is 0 Å². The van der Waals surface area contributed by atoms with E-state index in [1.165, 1.54) is 141 Å². The van der Waals surface area contributed by atoms with Crippen LogP contribution in [-0.4, -0.2) is 52.5 Å². The van der Waals surface area contributed by atoms with Gasteiger partial charge in [-0.2, -0.15) is 0 Å². The molecule has 1 heterocycles. The quantitative estimate of drug-likeness (QED) is 0.0126. The first-order valence-electron chi connectivity index (χ1n) is 24.0. The molecule has 1 aromatic heterocycles. The van der Waals surface area contributed by atoms with E-state index in [4.69, 9.17) is 21.6 Å². The summed E-state index contributed by atoms with van der Waals surface area (Å²) >= 11 is 0. The van der Waals surface area contributed by atoms with Gasteiger partial charge in [0.2, 0.25) is 5.91 Å². The predicted molar refractivity (Wildman–Crippen MR) is 245 cm³/mol. The molecule has 0 radical (unpaired) electrons. The van der Waals surface area contributed by atoms with Gasteiger partial charge in [0.05, 0.1) is 18.1 Å². The molecule has 58 heavy (non-hydrogen) atoms. The van der Waals surface area contributed by atoms with Crippen molar-refractivity contribution < 1.29 is 14.3 Å². The van der Waals surface area contributed by atoms with E-state index in [2.05, 4.69) is 58.8 Å². The number of amides is 1. The van der Waals surface area contributed by atoms with Crippen molar-refractivity contribution in [2.45, 2.75) is 238 Å². The van der Waals surface area contributed by atoms with Crippen LogP contribution in [0.15, 0.2) is 36.8 Å². The lowest BCUT2D eigenvalue weighted by molar-refractivity contribution is -0.154. The fraction of sp³-hybridized carbons (Fsp3) is 0.792. The van der Waals surface area contributed by atoms with E-state index in [1.807, 2.05) is 0 Å². The third kappa shape index (κ3) is 32.8. The topological polar surface area (TPSA) is 172 Å². The highest BCUT2D eigenvalue weighted by molar-refractivity contribution is 5.87. The van der Waals surface area contributed by atoms with E-state index in [-0.39, 0.29) is 18.5 Å². The SMILES string of the molecule is CCCCCCCC/C=C\CCCCCCCCC(CCCCCCC/C=C\CCCCCCCC)OC(=O)C(Cc1c[nH]cn1)NC(=O)C(N)CCCNC(=N)N. The summed E-state index contributed by atoms with van der Waals surface area (Å²) in [5.41, 5.74) is 12.2. The van der Waals surface area contributed by atoms with Crippen LogP contribution in [0.25, 0.3) is 0 Å². The largest absolute Gasteiger partial charge is 0.461 e. The normalized spacial score (nSPS) is 13.2. The maximum atomic E-state index is 13.7. The van der Waals surface area contributed by atoms with Gasteiger partial charge in [-0.1, -0.05) is 147 Å². The number of nitrogens with two attached hydrogens (primary N) is 2. The molecule has 0 saturated heterocycles. The zero-order valence-electron chi connectivity index (χ0n) is 37.4. The molecular formula is C48H89N7O3. The number of ether oxygens (including phenoxy) is 1. The minimum Gasteiger partial charge on any atom is -0.461 e. The van der Waals surface area contributed by atoms with E-state index in [9.17, 15) is 9.59 Å². The van der Waals surface area contributed by atoms with Crippen molar-refractivity contribution >= 4 is 17.8 Å². The fourth-order valence-corrected chi connectivity index (χ4v) is 7.33. The number of aromatic nitrogens is 2. The number of carbonyl (C=O) groups excluding carboxylic acids is 2. The molecule has 0 spiro atoms. The molecule has 0 aromatic carbocycles. The van der Waals surface area contributed by atoms with E-state index in [0.29, 0.717) is 25.1 Å². The summed E-state index contributed by atoms with van der Waals surface area (Å²) < 4.78 is 6.21. The molecule has 0 aliphatic carbocycles. The number of allylic oxidation sites excluding steroid dienone is 4. The number of hydrogen-bond donors (Lipinski definition) is 6. The van der Waals surface area contributed by atoms with Gasteiger partial charge in [-0.25, -0.2) is 9.78 Å². The van der Waals surface area contributed by atoms with Gasteiger partial charge in [-0.3, -0.25) is 10.2 Å². The second-order valence-electron chi connectivity index (χ2n) is 16.6. The van der Waals surface area contributed by atoms with Crippen LogP contribution in [0.4, 0.5) is 0 Å². The molecule has 1 rings (SSSR count). The fourth-order valence-electron chi connectivity index (χ4n) is 7.33. The number of esters is 1. The van der Waals surface area contributed by atoms with Gasteiger partial charge in [0.15, 0.2) is 5.96 Å². The zero-order valence-corrected chi connectivity index (χ0v) is 37.4. The molecule has 8 N–H and O–H groups in total. The highest BCUT2D eigenvalue weighted by Gasteiger charge is 2.28. The molecule has 3 atom stereocenters. The van der Waals surface area contributed by atoms with Crippen molar-refractivity contribution in [2.75, 3.05) is 6.54 Å². The number of imidazole rings is 1. The van der Waals surface area contributed by atoms with Crippen molar-refractivity contribution in [1.29, 1.82) is 5.41 Å². The summed E-state index contributed by atoms with van der Waals surface area (Å²) in [6.07, 6.45) is 49.4. The van der Waals surface area contributed by atoms with Crippen molar-refractivity contribution in [1.82, 2.24) is 20.6 Å². The number of hydrogen-bond acceptors (Lipinski definition) is 6. The second kappa shape index (κ2) is 39.3. The van der Waals surface area contributed by atoms with Crippen molar-refractivity contribution in [2.24, 2.45) is 11.5 Å². The van der Waals surface area contributed by atoms with E-state index < -0.39 is 24.0 Å². The van der Waals surface area contributed by atoms with Crippen molar-refractivity contribution in [3.8, 4) is 0 Å². The summed E-state index contributed by atoms with van der Waals surface area (Å²) in [6.45, 7) is 4.99. The lowest BCUT2D eigenvalue weighted by Crippen LogP contribution is -2.50. The summed E-state index contributed by atoms with van der Waals surface area (Å²) in [6, 6.07) is -1.68. The molecule has 10 nitrogen and oxygen atoms in total. The highest BCUT2D eigenvalue weighted by Crippen LogP contribution is 2.19. The number of guanidine groups is 1. The smallest absolute Gasteiger partial charge is 0.329 e. The number of rotatable bonds is 41. The van der Waals surface area contributed by atoms with Crippen LogP contribution in [0, 0.1) is 5.41 Å². The molecule has 0 bridgehead atoms. The minimum absolute atomic E-state index is 0.117. The van der Waals surface area contributed by atoms with Gasteiger partial charge in [0.1, 0.15) is 12.1 Å². The van der Waals surface area contributed by atoms with Gasteiger partial charge >= 0.3 is 5.97 Å². The van der Waals surface area contributed by atoms with Crippen LogP contribution in [0.1, 0.15) is 219 Å². The van der Waals surface area contributed by atoms with E-state index >= 15 is 0 Å². The summed E-state index contributed by atoms with van der Waals surface area (Å²) in [5.74, 6) is -0.945. The number of unbranched alkanes of at least 4 members (excludes halogenated alkanes) is 23. The molecule has 10 heteroatoms. The number of nitrogens with zero attached hydrogens (tertiary/aromatic N) is 1. The first-order chi connectivity index (χ1) is 28.4. The third-order valence-corrected chi connectivity index (χ3v) is 11.0. The molecular weight excluding hydrogens is 723 g/mol. The van der Waals surface area contributed by atoms with Gasteiger partial charge in [0, 0.05) is 19.2 Å². The molecule has 0 saturated carbocycles. The second-order valence-corrected chi connectivity index (χ2v) is 16.6. The maximum absolute atomic E-state index is 13.7. The first kappa shape index (κ1) is 52.9.